The molecule has 9 unspecified atom stereocenters. The second-order valence-electron chi connectivity index (χ2n) is 10.8. The van der Waals surface area contributed by atoms with Crippen molar-refractivity contribution in [2.24, 2.45) is 34.5 Å². The van der Waals surface area contributed by atoms with Crippen LogP contribution in [0.3, 0.4) is 0 Å². The van der Waals surface area contributed by atoms with Crippen molar-refractivity contribution in [3.8, 4) is 0 Å². The molecule has 0 aromatic heterocycles. The molecular weight excluding hydrogens is 372 g/mol. The molecule has 9 atom stereocenters. The monoisotopic (exact) mass is 406 g/mol. The van der Waals surface area contributed by atoms with Crippen LogP contribution in [0.15, 0.2) is 11.6 Å². The number of cyclic esters (lactones) is 1. The molecule has 162 valence electrons. The van der Waals surface area contributed by atoms with E-state index in [-0.39, 0.29) is 48.5 Å². The molecule has 0 saturated heterocycles. The zero-order valence-electron chi connectivity index (χ0n) is 17.2. The Bertz CT molecular complexity index is 735. The van der Waals surface area contributed by atoms with E-state index in [0.29, 0.717) is 18.8 Å². The van der Waals surface area contributed by atoms with Gasteiger partial charge >= 0.3 is 5.97 Å². The lowest BCUT2D eigenvalue weighted by Crippen LogP contribution is -2.63. The van der Waals surface area contributed by atoms with Crippen LogP contribution >= 0.6 is 0 Å². The summed E-state index contributed by atoms with van der Waals surface area (Å²) in [6.07, 6.45) is 6.55. The maximum atomic E-state index is 12.1. The summed E-state index contributed by atoms with van der Waals surface area (Å²) in [6, 6.07) is 0. The Balaban J connectivity index is 1.51. The normalized spacial score (nSPS) is 54.2. The van der Waals surface area contributed by atoms with E-state index >= 15 is 0 Å². The van der Waals surface area contributed by atoms with Gasteiger partial charge in [0.1, 0.15) is 6.61 Å². The summed E-state index contributed by atoms with van der Waals surface area (Å²) in [6.45, 7) is 2.40. The molecule has 5 aliphatic rings. The lowest BCUT2D eigenvalue weighted by atomic mass is 9.43. The maximum absolute atomic E-state index is 12.1. The van der Waals surface area contributed by atoms with Crippen LogP contribution in [0.4, 0.5) is 0 Å². The van der Waals surface area contributed by atoms with Gasteiger partial charge in [0.05, 0.1) is 17.8 Å². The van der Waals surface area contributed by atoms with E-state index < -0.39 is 17.1 Å². The Morgan fingerprint density at radius 1 is 1.14 bits per heavy atom. The number of carbonyl (C=O) groups is 1. The molecule has 4 N–H and O–H groups in total. The van der Waals surface area contributed by atoms with E-state index in [0.717, 1.165) is 44.1 Å². The molecule has 29 heavy (non-hydrogen) atoms. The van der Waals surface area contributed by atoms with Gasteiger partial charge in [-0.15, -0.1) is 0 Å². The number of rotatable bonds is 2. The van der Waals surface area contributed by atoms with Crippen molar-refractivity contribution in [2.45, 2.75) is 76.1 Å². The van der Waals surface area contributed by atoms with Gasteiger partial charge in [0.25, 0.3) is 0 Å². The highest BCUT2D eigenvalue weighted by Gasteiger charge is 2.70. The molecule has 0 amide bonds. The van der Waals surface area contributed by atoms with E-state index in [1.165, 1.54) is 6.08 Å². The largest absolute Gasteiger partial charge is 0.458 e. The molecule has 4 aliphatic carbocycles. The summed E-state index contributed by atoms with van der Waals surface area (Å²) in [5, 5.41) is 43.9. The van der Waals surface area contributed by atoms with Crippen molar-refractivity contribution in [3.63, 3.8) is 0 Å². The van der Waals surface area contributed by atoms with Crippen LogP contribution in [0.5, 0.6) is 0 Å². The van der Waals surface area contributed by atoms with Crippen LogP contribution in [-0.2, 0) is 9.53 Å². The number of hydrogen-bond donors (Lipinski definition) is 4. The number of esters is 1. The molecule has 0 aromatic carbocycles. The molecule has 0 radical (unpaired) electrons. The maximum Gasteiger partial charge on any atom is 0.331 e. The SMILES string of the molecule is CC12CCC3C(CCC4CC(O)CCC43CO)C1(O)CC(O)C2C1=CC(=O)OC1. The van der Waals surface area contributed by atoms with Crippen LogP contribution in [0.25, 0.3) is 0 Å². The van der Waals surface area contributed by atoms with Crippen molar-refractivity contribution < 1.29 is 30.0 Å². The third-order valence-electron chi connectivity index (χ3n) is 9.91. The molecule has 0 bridgehead atoms. The van der Waals surface area contributed by atoms with E-state index in [9.17, 15) is 25.2 Å². The van der Waals surface area contributed by atoms with Crippen molar-refractivity contribution in [1.82, 2.24) is 0 Å². The van der Waals surface area contributed by atoms with Crippen molar-refractivity contribution in [2.75, 3.05) is 13.2 Å². The number of hydrogen-bond acceptors (Lipinski definition) is 6. The Hall–Kier alpha value is -0.950. The lowest BCUT2D eigenvalue weighted by molar-refractivity contribution is -0.219. The zero-order valence-corrected chi connectivity index (χ0v) is 17.2. The minimum Gasteiger partial charge on any atom is -0.458 e. The van der Waals surface area contributed by atoms with Gasteiger partial charge < -0.3 is 25.2 Å². The fourth-order valence-corrected chi connectivity index (χ4v) is 8.57. The van der Waals surface area contributed by atoms with Crippen LogP contribution in [0, 0.1) is 34.5 Å². The van der Waals surface area contributed by atoms with E-state index in [4.69, 9.17) is 4.74 Å². The number of carbonyl (C=O) groups excluding carboxylic acids is 1. The molecule has 4 fully saturated rings. The molecule has 6 heteroatoms. The first-order chi connectivity index (χ1) is 13.7. The summed E-state index contributed by atoms with van der Waals surface area (Å²) in [5.41, 5.74) is -0.944. The van der Waals surface area contributed by atoms with Gasteiger partial charge in [-0.3, -0.25) is 0 Å². The molecule has 0 spiro atoms. The molecule has 1 heterocycles. The predicted octanol–water partition coefficient (Wildman–Crippen LogP) is 1.55. The predicted molar refractivity (Wildman–Crippen MR) is 105 cm³/mol. The Kier molecular flexibility index (Phi) is 4.49. The van der Waals surface area contributed by atoms with Crippen molar-refractivity contribution in [1.29, 1.82) is 0 Å². The molecule has 0 aromatic rings. The van der Waals surface area contributed by atoms with Crippen molar-refractivity contribution in [3.05, 3.63) is 11.6 Å². The first-order valence-corrected chi connectivity index (χ1v) is 11.3. The topological polar surface area (TPSA) is 107 Å². The fraction of sp³-hybridized carbons (Fsp3) is 0.870. The van der Waals surface area contributed by atoms with Gasteiger partial charge in [-0.2, -0.15) is 0 Å². The second-order valence-corrected chi connectivity index (χ2v) is 10.8. The van der Waals surface area contributed by atoms with Gasteiger partial charge in [-0.25, -0.2) is 4.79 Å². The highest BCUT2D eigenvalue weighted by molar-refractivity contribution is 5.85. The molecule has 4 saturated carbocycles. The average Bonchev–Trinajstić information content (AvgIpc) is 3.18. The first-order valence-electron chi connectivity index (χ1n) is 11.3. The third kappa shape index (κ3) is 2.52. The highest BCUT2D eigenvalue weighted by Crippen LogP contribution is 2.69. The van der Waals surface area contributed by atoms with Crippen LogP contribution in [0.2, 0.25) is 0 Å². The van der Waals surface area contributed by atoms with E-state index in [1.807, 2.05) is 0 Å². The van der Waals surface area contributed by atoms with Gasteiger partial charge in [0, 0.05) is 30.4 Å². The first kappa shape index (κ1) is 20.0. The number of aliphatic hydroxyl groups is 4. The number of fused-ring (bicyclic) bond motifs is 5. The minimum atomic E-state index is -1.02. The van der Waals surface area contributed by atoms with Crippen LogP contribution in [0.1, 0.15) is 58.3 Å². The zero-order chi connectivity index (χ0) is 20.6. The van der Waals surface area contributed by atoms with Gasteiger partial charge in [-0.05, 0) is 73.7 Å². The third-order valence-corrected chi connectivity index (χ3v) is 9.91. The summed E-state index contributed by atoms with van der Waals surface area (Å²) >= 11 is 0. The Morgan fingerprint density at radius 2 is 1.93 bits per heavy atom. The summed E-state index contributed by atoms with van der Waals surface area (Å²) in [4.78, 5) is 11.7. The van der Waals surface area contributed by atoms with Gasteiger partial charge in [0.15, 0.2) is 0 Å². The Morgan fingerprint density at radius 3 is 2.62 bits per heavy atom. The smallest absolute Gasteiger partial charge is 0.331 e. The van der Waals surface area contributed by atoms with Gasteiger partial charge in [-0.1, -0.05) is 6.92 Å². The molecule has 5 rings (SSSR count). The van der Waals surface area contributed by atoms with Crippen LogP contribution in [-0.4, -0.2) is 57.4 Å². The van der Waals surface area contributed by atoms with E-state index in [1.54, 1.807) is 0 Å². The van der Waals surface area contributed by atoms with Crippen molar-refractivity contribution >= 4 is 5.97 Å². The summed E-state index contributed by atoms with van der Waals surface area (Å²) in [7, 11) is 0. The van der Waals surface area contributed by atoms with E-state index in [2.05, 4.69) is 6.92 Å². The Labute approximate surface area is 172 Å². The quantitative estimate of drug-likeness (QED) is 0.519. The number of aliphatic hydroxyl groups excluding tert-OH is 3. The number of ether oxygens (including phenoxy) is 1. The second kappa shape index (κ2) is 6.52. The lowest BCUT2D eigenvalue weighted by Gasteiger charge is -2.64. The van der Waals surface area contributed by atoms with Gasteiger partial charge in [0.2, 0.25) is 0 Å². The standard InChI is InChI=1S/C23H34O6/c1-21-6-5-16-17(3-2-14-9-15(25)4-7-22(14,16)12-24)23(21,28)10-18(26)20(21)13-8-19(27)29-11-13/h8,14-18,20,24-26,28H,2-7,9-12H2,1H3. The average molecular weight is 407 g/mol. The fourth-order valence-electron chi connectivity index (χ4n) is 8.57. The molecular formula is C23H34O6. The molecule has 6 nitrogen and oxygen atoms in total. The minimum absolute atomic E-state index is 0.0261. The highest BCUT2D eigenvalue weighted by atomic mass is 16.5. The summed E-state index contributed by atoms with van der Waals surface area (Å²) in [5.74, 6) is -0.0937. The molecule has 1 aliphatic heterocycles. The van der Waals surface area contributed by atoms with Crippen LogP contribution < -0.4 is 0 Å². The summed E-state index contributed by atoms with van der Waals surface area (Å²) < 4.78 is 5.12.